The van der Waals surface area contributed by atoms with E-state index in [4.69, 9.17) is 4.74 Å². The highest BCUT2D eigenvalue weighted by molar-refractivity contribution is 5.00. The molecular weight excluding hydrogens is 248 g/mol. The van der Waals surface area contributed by atoms with Crippen molar-refractivity contribution in [1.82, 2.24) is 10.2 Å². The molecular formula is C17H34N2O. The fraction of sp³-hybridized carbons (Fsp3) is 1.00. The summed E-state index contributed by atoms with van der Waals surface area (Å²) in [4.78, 5) is 2.60. The zero-order chi connectivity index (χ0) is 15.2. The van der Waals surface area contributed by atoms with Gasteiger partial charge in [-0.05, 0) is 67.7 Å². The van der Waals surface area contributed by atoms with E-state index in [0.717, 1.165) is 6.42 Å². The van der Waals surface area contributed by atoms with Gasteiger partial charge in [-0.25, -0.2) is 0 Å². The first-order valence-electron chi connectivity index (χ1n) is 8.21. The number of hydrogen-bond acceptors (Lipinski definition) is 3. The lowest BCUT2D eigenvalue weighted by molar-refractivity contribution is -0.0710. The second-order valence-electron chi connectivity index (χ2n) is 8.82. The maximum Gasteiger partial charge on any atom is 0.0787 e. The summed E-state index contributed by atoms with van der Waals surface area (Å²) in [6.07, 6.45) is 3.62. The van der Waals surface area contributed by atoms with Gasteiger partial charge in [0.15, 0.2) is 0 Å². The zero-order valence-electron chi connectivity index (χ0n) is 14.5. The topological polar surface area (TPSA) is 24.5 Å². The lowest BCUT2D eigenvalue weighted by Crippen LogP contribution is -2.54. The Hall–Kier alpha value is -0.120. The van der Waals surface area contributed by atoms with Crippen molar-refractivity contribution in [1.29, 1.82) is 0 Å². The van der Waals surface area contributed by atoms with Crippen LogP contribution in [0.5, 0.6) is 0 Å². The second-order valence-corrected chi connectivity index (χ2v) is 8.82. The Morgan fingerprint density at radius 3 is 2.00 bits per heavy atom. The maximum absolute atomic E-state index is 6.19. The summed E-state index contributed by atoms with van der Waals surface area (Å²) in [5.41, 5.74) is 0.265. The number of likely N-dealkylation sites (tertiary alicyclic amines) is 1. The van der Waals surface area contributed by atoms with Crippen LogP contribution in [0.4, 0.5) is 0 Å². The molecule has 0 aromatic carbocycles. The van der Waals surface area contributed by atoms with Crippen LogP contribution in [0.25, 0.3) is 0 Å². The Bertz CT molecular complexity index is 335. The van der Waals surface area contributed by atoms with Crippen molar-refractivity contribution >= 4 is 0 Å². The molecule has 0 amide bonds. The van der Waals surface area contributed by atoms with Gasteiger partial charge in [-0.3, -0.25) is 4.90 Å². The molecule has 0 aromatic rings. The largest absolute Gasteiger partial charge is 0.368 e. The van der Waals surface area contributed by atoms with Gasteiger partial charge in [-0.2, -0.15) is 0 Å². The fourth-order valence-corrected chi connectivity index (χ4v) is 3.82. The van der Waals surface area contributed by atoms with Crippen LogP contribution in [0.2, 0.25) is 0 Å². The number of ether oxygens (including phenoxy) is 1. The van der Waals surface area contributed by atoms with E-state index >= 15 is 0 Å². The van der Waals surface area contributed by atoms with Crippen molar-refractivity contribution in [2.75, 3.05) is 13.1 Å². The minimum Gasteiger partial charge on any atom is -0.368 e. The summed E-state index contributed by atoms with van der Waals surface area (Å²) in [5, 5.41) is 3.88. The lowest BCUT2D eigenvalue weighted by Gasteiger charge is -2.42. The fourth-order valence-electron chi connectivity index (χ4n) is 3.82. The smallest absolute Gasteiger partial charge is 0.0787 e. The monoisotopic (exact) mass is 282 g/mol. The van der Waals surface area contributed by atoms with E-state index in [9.17, 15) is 0 Å². The first-order chi connectivity index (χ1) is 9.00. The number of piperidine rings is 1. The second kappa shape index (κ2) is 5.26. The van der Waals surface area contributed by atoms with Crippen LogP contribution in [-0.4, -0.2) is 46.8 Å². The Morgan fingerprint density at radius 1 is 1.05 bits per heavy atom. The third-order valence-corrected chi connectivity index (χ3v) is 4.95. The van der Waals surface area contributed by atoms with Crippen LogP contribution in [-0.2, 0) is 4.74 Å². The summed E-state index contributed by atoms with van der Waals surface area (Å²) in [7, 11) is 0. The Balaban J connectivity index is 1.87. The van der Waals surface area contributed by atoms with E-state index in [2.05, 4.69) is 58.7 Å². The first kappa shape index (κ1) is 16.3. The van der Waals surface area contributed by atoms with Gasteiger partial charge in [0.2, 0.25) is 0 Å². The molecule has 2 rings (SSSR count). The van der Waals surface area contributed by atoms with Gasteiger partial charge in [0, 0.05) is 30.7 Å². The Morgan fingerprint density at radius 2 is 1.60 bits per heavy atom. The molecule has 3 heteroatoms. The summed E-state index contributed by atoms with van der Waals surface area (Å²) in [6, 6.07) is 1.12. The van der Waals surface area contributed by atoms with E-state index < -0.39 is 0 Å². The van der Waals surface area contributed by atoms with Crippen molar-refractivity contribution in [3.05, 3.63) is 0 Å². The van der Waals surface area contributed by atoms with Crippen LogP contribution in [0.1, 0.15) is 67.7 Å². The highest BCUT2D eigenvalue weighted by Gasteiger charge is 2.46. The molecule has 0 saturated carbocycles. The van der Waals surface area contributed by atoms with Crippen LogP contribution < -0.4 is 5.32 Å². The molecule has 1 N–H and O–H groups in total. The molecule has 20 heavy (non-hydrogen) atoms. The predicted molar refractivity (Wildman–Crippen MR) is 85.1 cm³/mol. The molecule has 2 aliphatic rings. The Labute approximate surface area is 125 Å². The quantitative estimate of drug-likeness (QED) is 0.842. The van der Waals surface area contributed by atoms with Crippen molar-refractivity contribution in [3.8, 4) is 0 Å². The zero-order valence-corrected chi connectivity index (χ0v) is 14.5. The molecule has 0 aliphatic carbocycles. The van der Waals surface area contributed by atoms with Crippen molar-refractivity contribution in [2.24, 2.45) is 0 Å². The molecule has 2 heterocycles. The minimum atomic E-state index is -0.0509. The van der Waals surface area contributed by atoms with Gasteiger partial charge in [-0.1, -0.05) is 0 Å². The molecule has 1 atom stereocenters. The molecule has 2 fully saturated rings. The molecule has 0 radical (unpaired) electrons. The van der Waals surface area contributed by atoms with Gasteiger partial charge in [0.25, 0.3) is 0 Å². The summed E-state index contributed by atoms with van der Waals surface area (Å²) < 4.78 is 6.19. The van der Waals surface area contributed by atoms with Gasteiger partial charge in [0.05, 0.1) is 11.2 Å². The third-order valence-electron chi connectivity index (χ3n) is 4.95. The normalized spacial score (nSPS) is 31.6. The predicted octanol–water partition coefficient (Wildman–Crippen LogP) is 3.19. The van der Waals surface area contributed by atoms with E-state index in [1.165, 1.54) is 25.9 Å². The third kappa shape index (κ3) is 3.75. The number of rotatable bonds is 2. The lowest BCUT2D eigenvalue weighted by atomic mass is 9.91. The molecule has 118 valence electrons. The maximum atomic E-state index is 6.19. The van der Waals surface area contributed by atoms with E-state index in [0.29, 0.717) is 17.6 Å². The van der Waals surface area contributed by atoms with Gasteiger partial charge >= 0.3 is 0 Å². The molecule has 0 aromatic heterocycles. The van der Waals surface area contributed by atoms with Gasteiger partial charge in [0.1, 0.15) is 0 Å². The van der Waals surface area contributed by atoms with Crippen LogP contribution in [0.3, 0.4) is 0 Å². The summed E-state index contributed by atoms with van der Waals surface area (Å²) in [6.45, 7) is 18.2. The average molecular weight is 282 g/mol. The molecule has 3 nitrogen and oxygen atoms in total. The SMILES string of the molecule is CC1(C)CC(NC2CCN(C(C)(C)C)CC2)C(C)(C)O1. The van der Waals surface area contributed by atoms with Crippen LogP contribution in [0.15, 0.2) is 0 Å². The number of nitrogens with zero attached hydrogens (tertiary/aromatic N) is 1. The van der Waals surface area contributed by atoms with Gasteiger partial charge in [-0.15, -0.1) is 0 Å². The van der Waals surface area contributed by atoms with Crippen LogP contribution in [0, 0.1) is 0 Å². The van der Waals surface area contributed by atoms with E-state index in [1.54, 1.807) is 0 Å². The van der Waals surface area contributed by atoms with E-state index in [1.807, 2.05) is 0 Å². The first-order valence-corrected chi connectivity index (χ1v) is 8.21. The molecule has 2 aliphatic heterocycles. The molecule has 0 spiro atoms. The summed E-state index contributed by atoms with van der Waals surface area (Å²) >= 11 is 0. The van der Waals surface area contributed by atoms with Gasteiger partial charge < -0.3 is 10.1 Å². The average Bonchev–Trinajstić information content (AvgIpc) is 2.46. The minimum absolute atomic E-state index is 0.00722. The van der Waals surface area contributed by atoms with Crippen molar-refractivity contribution in [3.63, 3.8) is 0 Å². The summed E-state index contributed by atoms with van der Waals surface area (Å²) in [5.74, 6) is 0. The highest BCUT2D eigenvalue weighted by atomic mass is 16.5. The standard InChI is InChI=1S/C17H34N2O/c1-15(2,3)19-10-8-13(9-11-19)18-14-12-16(4,5)20-17(14,6)7/h13-14,18H,8-12H2,1-7H3. The number of nitrogens with one attached hydrogen (secondary N) is 1. The van der Waals surface area contributed by atoms with Crippen LogP contribution >= 0.6 is 0 Å². The van der Waals surface area contributed by atoms with Crippen molar-refractivity contribution in [2.45, 2.75) is 96.6 Å². The van der Waals surface area contributed by atoms with E-state index in [-0.39, 0.29) is 11.2 Å². The molecule has 2 saturated heterocycles. The molecule has 0 bridgehead atoms. The molecule has 1 unspecified atom stereocenters. The highest BCUT2D eigenvalue weighted by Crippen LogP contribution is 2.37. The van der Waals surface area contributed by atoms with Crippen molar-refractivity contribution < 1.29 is 4.74 Å². The number of hydrogen-bond donors (Lipinski definition) is 1. The Kier molecular flexibility index (Phi) is 4.27.